The average Bonchev–Trinajstić information content (AvgIpc) is 2.85. The van der Waals surface area contributed by atoms with E-state index in [9.17, 15) is 14.4 Å². The van der Waals surface area contributed by atoms with Crippen LogP contribution in [-0.2, 0) is 28.6 Å². The molecule has 228 valence electrons. The van der Waals surface area contributed by atoms with Gasteiger partial charge in [-0.05, 0) is 91.6 Å². The number of allylic oxidation sites excluding steroid dienone is 3. The molecule has 41 heavy (non-hydrogen) atoms. The maximum absolute atomic E-state index is 13.6. The topological polar surface area (TPSA) is 78.9 Å². The number of ether oxygens (including phenoxy) is 3. The number of hydrogen-bond donors (Lipinski definition) is 0. The second-order valence-electron chi connectivity index (χ2n) is 16.1. The largest absolute Gasteiger partial charge is 0.469 e. The number of hydrogen-bond acceptors (Lipinski definition) is 6. The quantitative estimate of drug-likeness (QED) is 0.256. The van der Waals surface area contributed by atoms with Crippen molar-refractivity contribution in [3.63, 3.8) is 0 Å². The molecule has 5 aliphatic carbocycles. The number of methoxy groups -OCH3 is 1. The zero-order chi connectivity index (χ0) is 30.4. The van der Waals surface area contributed by atoms with Crippen molar-refractivity contribution in [2.24, 2.45) is 44.3 Å². The predicted octanol–water partition coefficient (Wildman–Crippen LogP) is 7.70. The molecule has 0 amide bonds. The maximum atomic E-state index is 13.6. The Morgan fingerprint density at radius 2 is 1.46 bits per heavy atom. The summed E-state index contributed by atoms with van der Waals surface area (Å²) in [4.78, 5) is 38.3. The summed E-state index contributed by atoms with van der Waals surface area (Å²) in [5.41, 5.74) is 1.30. The van der Waals surface area contributed by atoms with Crippen LogP contribution < -0.4 is 0 Å². The molecule has 0 aromatic heterocycles. The third kappa shape index (κ3) is 4.19. The zero-order valence-electron chi connectivity index (χ0n) is 27.1. The molecule has 0 radical (unpaired) electrons. The van der Waals surface area contributed by atoms with Crippen molar-refractivity contribution in [1.82, 2.24) is 0 Å². The van der Waals surface area contributed by atoms with E-state index in [0.717, 1.165) is 57.8 Å². The molecular weight excluding hydrogens is 516 g/mol. The van der Waals surface area contributed by atoms with E-state index in [4.69, 9.17) is 14.2 Å². The summed E-state index contributed by atoms with van der Waals surface area (Å²) in [5, 5.41) is 0. The van der Waals surface area contributed by atoms with Crippen LogP contribution in [-0.4, -0.2) is 31.1 Å². The lowest BCUT2D eigenvalue weighted by atomic mass is 9.36. The molecule has 5 rings (SSSR count). The Morgan fingerprint density at radius 3 is 2.07 bits per heavy atom. The Morgan fingerprint density at radius 1 is 0.805 bits per heavy atom. The van der Waals surface area contributed by atoms with E-state index < -0.39 is 5.41 Å². The summed E-state index contributed by atoms with van der Waals surface area (Å²) in [5.74, 6) is 0.301. The highest BCUT2D eigenvalue weighted by Crippen LogP contribution is 2.75. The molecule has 0 saturated heterocycles. The standard InChI is InChI=1S/C35H52O6/c1-21(36)40-24-19-26-32(7)13-12-27(41-22(2)37)31(5,6)25(32)11-14-33(26,8)34(9)16-18-35(29(38)39-10)17-15-30(3,4)20-23(35)28(24)34/h19,23,25,27H,11-18,20H2,1-10H3/t23-,25-,27-,32-,33+,34+,35-/m0/s1. The van der Waals surface area contributed by atoms with Gasteiger partial charge in [0.05, 0.1) is 12.5 Å². The molecule has 0 aromatic rings. The van der Waals surface area contributed by atoms with E-state index in [1.807, 2.05) is 0 Å². The smallest absolute Gasteiger partial charge is 0.312 e. The Labute approximate surface area is 247 Å². The molecule has 6 nitrogen and oxygen atoms in total. The number of rotatable bonds is 3. The van der Waals surface area contributed by atoms with Crippen LogP contribution in [0.5, 0.6) is 0 Å². The molecule has 7 atom stereocenters. The highest BCUT2D eigenvalue weighted by Gasteiger charge is 2.69. The molecule has 0 aromatic carbocycles. The summed E-state index contributed by atoms with van der Waals surface area (Å²) < 4.78 is 17.6. The highest BCUT2D eigenvalue weighted by atomic mass is 16.5. The molecule has 0 spiro atoms. The van der Waals surface area contributed by atoms with Gasteiger partial charge in [0.15, 0.2) is 0 Å². The monoisotopic (exact) mass is 568 g/mol. The minimum absolute atomic E-state index is 0.0388. The lowest BCUT2D eigenvalue weighted by Gasteiger charge is -2.68. The Hall–Kier alpha value is -2.11. The molecule has 5 aliphatic rings. The second-order valence-corrected chi connectivity index (χ2v) is 16.1. The Bertz CT molecular complexity index is 1220. The van der Waals surface area contributed by atoms with Crippen molar-refractivity contribution in [3.8, 4) is 0 Å². The zero-order valence-corrected chi connectivity index (χ0v) is 27.1. The summed E-state index contributed by atoms with van der Waals surface area (Å²) in [7, 11) is 1.51. The summed E-state index contributed by atoms with van der Waals surface area (Å²) >= 11 is 0. The second kappa shape index (κ2) is 9.44. The first-order valence-corrected chi connectivity index (χ1v) is 15.8. The van der Waals surface area contributed by atoms with Crippen molar-refractivity contribution in [2.75, 3.05) is 7.11 Å². The Balaban J connectivity index is 1.72. The normalized spacial score (nSPS) is 42.4. The third-order valence-corrected chi connectivity index (χ3v) is 13.2. The van der Waals surface area contributed by atoms with E-state index in [-0.39, 0.29) is 57.0 Å². The number of esters is 3. The van der Waals surface area contributed by atoms with E-state index in [0.29, 0.717) is 11.7 Å². The number of fused-ring (bicyclic) bond motifs is 7. The van der Waals surface area contributed by atoms with Gasteiger partial charge in [-0.1, -0.05) is 54.0 Å². The van der Waals surface area contributed by atoms with E-state index >= 15 is 0 Å². The van der Waals surface area contributed by atoms with Crippen LogP contribution in [0.2, 0.25) is 0 Å². The molecule has 0 N–H and O–H groups in total. The van der Waals surface area contributed by atoms with Crippen LogP contribution in [0.15, 0.2) is 23.0 Å². The van der Waals surface area contributed by atoms with Crippen LogP contribution >= 0.6 is 0 Å². The van der Waals surface area contributed by atoms with Gasteiger partial charge in [-0.3, -0.25) is 14.4 Å². The average molecular weight is 569 g/mol. The van der Waals surface area contributed by atoms with Crippen LogP contribution in [0.25, 0.3) is 0 Å². The summed E-state index contributed by atoms with van der Waals surface area (Å²) in [6.07, 6.45) is 10.2. The fraction of sp³-hybridized carbons (Fsp3) is 0.800. The minimum atomic E-state index is -0.586. The van der Waals surface area contributed by atoms with Crippen molar-refractivity contribution < 1.29 is 28.6 Å². The predicted molar refractivity (Wildman–Crippen MR) is 157 cm³/mol. The van der Waals surface area contributed by atoms with E-state index in [1.54, 1.807) is 0 Å². The first-order valence-electron chi connectivity index (χ1n) is 15.8. The summed E-state index contributed by atoms with van der Waals surface area (Å²) in [6, 6.07) is 0. The van der Waals surface area contributed by atoms with Crippen LogP contribution in [0.4, 0.5) is 0 Å². The fourth-order valence-electron chi connectivity index (χ4n) is 10.8. The van der Waals surface area contributed by atoms with Gasteiger partial charge in [0.2, 0.25) is 0 Å². The molecule has 4 saturated carbocycles. The van der Waals surface area contributed by atoms with Gasteiger partial charge in [-0.2, -0.15) is 0 Å². The molecule has 6 heteroatoms. The lowest BCUT2D eigenvalue weighted by Crippen LogP contribution is -2.62. The minimum Gasteiger partial charge on any atom is -0.469 e. The highest BCUT2D eigenvalue weighted by molar-refractivity contribution is 5.79. The lowest BCUT2D eigenvalue weighted by molar-refractivity contribution is -0.174. The third-order valence-electron chi connectivity index (χ3n) is 13.2. The molecule has 0 aliphatic heterocycles. The van der Waals surface area contributed by atoms with Crippen molar-refractivity contribution in [3.05, 3.63) is 23.0 Å². The van der Waals surface area contributed by atoms with Crippen LogP contribution in [0.1, 0.15) is 120 Å². The van der Waals surface area contributed by atoms with Gasteiger partial charge in [0.1, 0.15) is 11.9 Å². The fourth-order valence-corrected chi connectivity index (χ4v) is 10.8. The number of carbonyl (C=O) groups is 3. The van der Waals surface area contributed by atoms with E-state index in [2.05, 4.69) is 54.5 Å². The van der Waals surface area contributed by atoms with Gasteiger partial charge in [-0.25, -0.2) is 0 Å². The van der Waals surface area contributed by atoms with Gasteiger partial charge >= 0.3 is 17.9 Å². The van der Waals surface area contributed by atoms with Gasteiger partial charge < -0.3 is 14.2 Å². The summed E-state index contributed by atoms with van der Waals surface area (Å²) in [6.45, 7) is 19.3. The SMILES string of the molecule is COC(=O)[C@]12CCC(C)(C)C[C@H]1C1=C(OC(C)=O)C=C3[C@@]4(C)CC[C@H](OC(C)=O)C(C)(C)[C@@H]4CC[C@@]3(C)[C@]1(C)CC2. The van der Waals surface area contributed by atoms with Gasteiger partial charge in [0, 0.05) is 30.6 Å². The van der Waals surface area contributed by atoms with E-state index in [1.165, 1.54) is 32.1 Å². The van der Waals surface area contributed by atoms with Crippen molar-refractivity contribution in [2.45, 2.75) is 126 Å². The molecule has 4 fully saturated rings. The first kappa shape index (κ1) is 30.4. The Kier molecular flexibility index (Phi) is 6.99. The number of carbonyl (C=O) groups excluding carboxylic acids is 3. The van der Waals surface area contributed by atoms with Gasteiger partial charge in [-0.15, -0.1) is 0 Å². The van der Waals surface area contributed by atoms with Crippen molar-refractivity contribution >= 4 is 17.9 Å². The molecule has 0 bridgehead atoms. The molecule has 0 heterocycles. The van der Waals surface area contributed by atoms with Crippen molar-refractivity contribution in [1.29, 1.82) is 0 Å². The maximum Gasteiger partial charge on any atom is 0.312 e. The molecule has 0 unspecified atom stereocenters. The van der Waals surface area contributed by atoms with Crippen LogP contribution in [0.3, 0.4) is 0 Å². The molecular formula is C35H52O6. The van der Waals surface area contributed by atoms with Gasteiger partial charge in [0.25, 0.3) is 0 Å². The van der Waals surface area contributed by atoms with Crippen LogP contribution in [0, 0.1) is 44.3 Å². The first-order chi connectivity index (χ1) is 18.9.